The number of hydrogen-bond acceptors (Lipinski definition) is 8. The SMILES string of the molecule is N#C[C@@]1(c2cnc3c(N)ncnn23)O[C@H](CO)C(O)C1(F)Cl. The number of halogens is 2. The van der Waals surface area contributed by atoms with E-state index < -0.39 is 29.5 Å². The van der Waals surface area contributed by atoms with E-state index >= 15 is 0 Å². The number of aliphatic hydroxyl groups excluding tert-OH is 2. The molecule has 116 valence electrons. The first-order chi connectivity index (χ1) is 10.4. The molecule has 0 amide bonds. The fourth-order valence-corrected chi connectivity index (χ4v) is 2.74. The van der Waals surface area contributed by atoms with Gasteiger partial charge in [-0.3, -0.25) is 0 Å². The van der Waals surface area contributed by atoms with Gasteiger partial charge >= 0.3 is 0 Å². The Labute approximate surface area is 127 Å². The van der Waals surface area contributed by atoms with Crippen LogP contribution in [0, 0.1) is 11.3 Å². The lowest BCUT2D eigenvalue weighted by Gasteiger charge is -2.28. The molecule has 11 heteroatoms. The van der Waals surface area contributed by atoms with Gasteiger partial charge in [-0.05, 0) is 0 Å². The molecular weight excluding hydrogens is 319 g/mol. The van der Waals surface area contributed by atoms with Crippen molar-refractivity contribution in [2.75, 3.05) is 12.3 Å². The van der Waals surface area contributed by atoms with Crippen LogP contribution in [0.1, 0.15) is 5.69 Å². The van der Waals surface area contributed by atoms with Crippen LogP contribution in [0.4, 0.5) is 10.2 Å². The number of hydrogen-bond donors (Lipinski definition) is 3. The molecule has 4 atom stereocenters. The van der Waals surface area contributed by atoms with E-state index in [9.17, 15) is 14.8 Å². The van der Waals surface area contributed by atoms with Crippen molar-refractivity contribution in [3.8, 4) is 6.07 Å². The number of fused-ring (bicyclic) bond motifs is 1. The van der Waals surface area contributed by atoms with Crippen LogP contribution in [0.25, 0.3) is 5.65 Å². The highest BCUT2D eigenvalue weighted by molar-refractivity contribution is 6.24. The number of ether oxygens (including phenoxy) is 1. The van der Waals surface area contributed by atoms with Crippen molar-refractivity contribution in [3.05, 3.63) is 18.2 Å². The van der Waals surface area contributed by atoms with Crippen LogP contribution in [0.15, 0.2) is 12.5 Å². The molecule has 0 bridgehead atoms. The van der Waals surface area contributed by atoms with Crippen molar-refractivity contribution in [1.82, 2.24) is 19.6 Å². The maximum absolute atomic E-state index is 14.9. The molecule has 1 aliphatic heterocycles. The highest BCUT2D eigenvalue weighted by Gasteiger charge is 2.69. The number of imidazole rings is 1. The third kappa shape index (κ3) is 1.65. The molecule has 0 aromatic carbocycles. The second kappa shape index (κ2) is 4.72. The lowest BCUT2D eigenvalue weighted by atomic mass is 9.93. The monoisotopic (exact) mass is 328 g/mol. The van der Waals surface area contributed by atoms with E-state index in [0.717, 1.165) is 17.0 Å². The smallest absolute Gasteiger partial charge is 0.259 e. The molecule has 1 aliphatic rings. The maximum atomic E-state index is 14.9. The molecule has 3 heterocycles. The second-order valence-corrected chi connectivity index (χ2v) is 5.27. The first-order valence-electron chi connectivity index (χ1n) is 6.09. The number of nitrogens with zero attached hydrogens (tertiary/aromatic N) is 5. The molecule has 0 spiro atoms. The lowest BCUT2D eigenvalue weighted by Crippen LogP contribution is -2.46. The van der Waals surface area contributed by atoms with Crippen LogP contribution in [-0.4, -0.2) is 53.7 Å². The number of nitrogen functional groups attached to an aromatic ring is 1. The highest BCUT2D eigenvalue weighted by atomic mass is 35.5. The highest BCUT2D eigenvalue weighted by Crippen LogP contribution is 2.51. The van der Waals surface area contributed by atoms with Gasteiger partial charge in [0.05, 0.1) is 12.8 Å². The fourth-order valence-electron chi connectivity index (χ4n) is 2.41. The number of alkyl halides is 2. The van der Waals surface area contributed by atoms with Crippen LogP contribution in [0.3, 0.4) is 0 Å². The number of aromatic nitrogens is 4. The van der Waals surface area contributed by atoms with Crippen molar-refractivity contribution in [3.63, 3.8) is 0 Å². The molecule has 0 radical (unpaired) electrons. The van der Waals surface area contributed by atoms with E-state index in [1.807, 2.05) is 0 Å². The molecule has 2 aromatic heterocycles. The number of rotatable bonds is 2. The van der Waals surface area contributed by atoms with Gasteiger partial charge in [-0.15, -0.1) is 0 Å². The summed E-state index contributed by atoms with van der Waals surface area (Å²) in [6, 6.07) is 1.61. The van der Waals surface area contributed by atoms with Crippen molar-refractivity contribution < 1.29 is 19.3 Å². The fraction of sp³-hybridized carbons (Fsp3) is 0.455. The Morgan fingerprint density at radius 3 is 2.91 bits per heavy atom. The van der Waals surface area contributed by atoms with Gasteiger partial charge in [0.2, 0.25) is 5.60 Å². The quantitative estimate of drug-likeness (QED) is 0.601. The van der Waals surface area contributed by atoms with Crippen LogP contribution in [0.5, 0.6) is 0 Å². The molecule has 1 saturated heterocycles. The Balaban J connectivity index is 2.27. The van der Waals surface area contributed by atoms with E-state index in [-0.39, 0.29) is 17.2 Å². The Morgan fingerprint density at radius 2 is 2.32 bits per heavy atom. The first kappa shape index (κ1) is 14.9. The topological polar surface area (TPSA) is 143 Å². The van der Waals surface area contributed by atoms with Gasteiger partial charge in [0.25, 0.3) is 5.13 Å². The Kier molecular flexibility index (Phi) is 3.19. The van der Waals surface area contributed by atoms with E-state index in [0.29, 0.717) is 0 Å². The molecule has 2 aromatic rings. The zero-order valence-corrected chi connectivity index (χ0v) is 11.6. The lowest BCUT2D eigenvalue weighted by molar-refractivity contribution is -0.0603. The maximum Gasteiger partial charge on any atom is 0.259 e. The van der Waals surface area contributed by atoms with Crippen LogP contribution >= 0.6 is 11.6 Å². The van der Waals surface area contributed by atoms with E-state index in [1.54, 1.807) is 6.07 Å². The molecule has 4 N–H and O–H groups in total. The molecule has 9 nitrogen and oxygen atoms in total. The summed E-state index contributed by atoms with van der Waals surface area (Å²) in [5, 5.41) is 29.3. The Hall–Kier alpha value is -2.06. The summed E-state index contributed by atoms with van der Waals surface area (Å²) in [6.07, 6.45) is -1.12. The predicted octanol–water partition coefficient (Wildman–Crippen LogP) is -0.918. The summed E-state index contributed by atoms with van der Waals surface area (Å²) in [4.78, 5) is 7.63. The zero-order valence-electron chi connectivity index (χ0n) is 10.9. The third-order valence-corrected chi connectivity index (χ3v) is 4.04. The van der Waals surface area contributed by atoms with Crippen molar-refractivity contribution in [2.45, 2.75) is 22.9 Å². The van der Waals surface area contributed by atoms with E-state index in [2.05, 4.69) is 15.1 Å². The zero-order chi connectivity index (χ0) is 16.1. The standard InChI is InChI=1S/C11H10ClFN6O3/c12-11(13)7(21)5(2-20)22-10(11,3-14)6-1-16-9-8(15)17-4-18-19(6)9/h1,4-5,7,20-21H,2H2,(H2,15,17,18)/t5-,7?,10+,11?/m1/s1. The summed E-state index contributed by atoms with van der Waals surface area (Å²) >= 11 is 5.76. The minimum Gasteiger partial charge on any atom is -0.394 e. The average molecular weight is 329 g/mol. The average Bonchev–Trinajstić information content (AvgIpc) is 3.01. The largest absolute Gasteiger partial charge is 0.394 e. The van der Waals surface area contributed by atoms with Crippen LogP contribution < -0.4 is 5.73 Å². The van der Waals surface area contributed by atoms with Gasteiger partial charge in [0.1, 0.15) is 30.3 Å². The predicted molar refractivity (Wildman–Crippen MR) is 70.1 cm³/mol. The van der Waals surface area contributed by atoms with Gasteiger partial charge in [-0.2, -0.15) is 10.4 Å². The minimum atomic E-state index is -3.02. The Bertz CT molecular complexity index is 777. The third-order valence-electron chi connectivity index (χ3n) is 3.55. The summed E-state index contributed by atoms with van der Waals surface area (Å²) < 4.78 is 21.2. The molecule has 0 saturated carbocycles. The van der Waals surface area contributed by atoms with E-state index in [1.165, 1.54) is 0 Å². The number of aliphatic hydroxyl groups is 2. The summed E-state index contributed by atoms with van der Waals surface area (Å²) in [5.41, 5.74) is 3.10. The van der Waals surface area contributed by atoms with Gasteiger partial charge in [-0.25, -0.2) is 18.9 Å². The van der Waals surface area contributed by atoms with Gasteiger partial charge < -0.3 is 20.7 Å². The summed E-state index contributed by atoms with van der Waals surface area (Å²) in [5.74, 6) is 0.00521. The number of anilines is 1. The van der Waals surface area contributed by atoms with Crippen LogP contribution in [0.2, 0.25) is 0 Å². The van der Waals surface area contributed by atoms with Gasteiger partial charge in [0.15, 0.2) is 11.5 Å². The summed E-state index contributed by atoms with van der Waals surface area (Å²) in [7, 11) is 0. The van der Waals surface area contributed by atoms with Crippen molar-refractivity contribution in [1.29, 1.82) is 5.26 Å². The molecule has 22 heavy (non-hydrogen) atoms. The van der Waals surface area contributed by atoms with Crippen LogP contribution in [-0.2, 0) is 10.3 Å². The molecule has 0 aliphatic carbocycles. The van der Waals surface area contributed by atoms with E-state index in [4.69, 9.17) is 27.2 Å². The molecule has 2 unspecified atom stereocenters. The molecular formula is C11H10ClFN6O3. The van der Waals surface area contributed by atoms with Crippen molar-refractivity contribution >= 4 is 23.1 Å². The Morgan fingerprint density at radius 1 is 1.59 bits per heavy atom. The molecule has 3 rings (SSSR count). The molecule has 1 fully saturated rings. The summed E-state index contributed by atoms with van der Waals surface area (Å²) in [6.45, 7) is -0.725. The minimum absolute atomic E-state index is 0.00521. The van der Waals surface area contributed by atoms with Gasteiger partial charge in [0, 0.05) is 0 Å². The first-order valence-corrected chi connectivity index (χ1v) is 6.47. The van der Waals surface area contributed by atoms with Gasteiger partial charge in [-0.1, -0.05) is 11.6 Å². The second-order valence-electron chi connectivity index (χ2n) is 4.72. The normalized spacial score (nSPS) is 34.9. The number of nitrogens with two attached hydrogens (primary N) is 1. The van der Waals surface area contributed by atoms with Crippen molar-refractivity contribution in [2.24, 2.45) is 0 Å². The number of nitriles is 1.